The molecule has 0 aliphatic carbocycles. The van der Waals surface area contributed by atoms with E-state index in [-0.39, 0.29) is 11.6 Å². The van der Waals surface area contributed by atoms with Gasteiger partial charge in [-0.1, -0.05) is 17.3 Å². The number of Topliss-reactive ketones (excluding diaryl/α,β-unsaturated/α-hetero) is 1. The maximum Gasteiger partial charge on any atom is 0.262 e. The van der Waals surface area contributed by atoms with Crippen LogP contribution in [0.25, 0.3) is 11.5 Å². The van der Waals surface area contributed by atoms with Crippen LogP contribution in [0.2, 0.25) is 0 Å². The van der Waals surface area contributed by atoms with Crippen molar-refractivity contribution in [3.8, 4) is 17.2 Å². The van der Waals surface area contributed by atoms with E-state index in [1.165, 1.54) is 6.92 Å². The Kier molecular flexibility index (Phi) is 3.18. The van der Waals surface area contributed by atoms with E-state index < -0.39 is 0 Å². The molecule has 0 N–H and O–H groups in total. The third-order valence-electron chi connectivity index (χ3n) is 2.16. The molecule has 1 aromatic heterocycles. The highest BCUT2D eigenvalue weighted by Gasteiger charge is 2.15. The fourth-order valence-corrected chi connectivity index (χ4v) is 1.40. The maximum absolute atomic E-state index is 11.1. The summed E-state index contributed by atoms with van der Waals surface area (Å²) < 4.78 is 10.5. The number of benzene rings is 1. The van der Waals surface area contributed by atoms with Gasteiger partial charge in [-0.3, -0.25) is 4.79 Å². The second-order valence-electron chi connectivity index (χ2n) is 3.41. The Bertz CT molecular complexity index is 534. The molecule has 0 spiro atoms. The number of rotatable bonds is 4. The minimum absolute atomic E-state index is 0.0753. The quantitative estimate of drug-likeness (QED) is 0.757. The van der Waals surface area contributed by atoms with E-state index in [0.29, 0.717) is 23.8 Å². The number of ketones is 1. The van der Waals surface area contributed by atoms with Crippen LogP contribution in [-0.2, 0) is 0 Å². The fourth-order valence-electron chi connectivity index (χ4n) is 1.40. The minimum Gasteiger partial charge on any atom is -0.493 e. The lowest BCUT2D eigenvalue weighted by molar-refractivity contribution is 0.100. The average molecular weight is 232 g/mol. The molecule has 1 aromatic carbocycles. The van der Waals surface area contributed by atoms with Crippen molar-refractivity contribution < 1.29 is 14.1 Å². The topological polar surface area (TPSA) is 65.2 Å². The first-order chi connectivity index (χ1) is 8.22. The van der Waals surface area contributed by atoms with Gasteiger partial charge in [-0.15, -0.1) is 0 Å². The molecule has 2 rings (SSSR count). The largest absolute Gasteiger partial charge is 0.493 e. The summed E-state index contributed by atoms with van der Waals surface area (Å²) in [6.07, 6.45) is 0. The highest BCUT2D eigenvalue weighted by molar-refractivity contribution is 5.90. The van der Waals surface area contributed by atoms with Crippen LogP contribution < -0.4 is 4.74 Å². The molecule has 0 amide bonds. The summed E-state index contributed by atoms with van der Waals surface area (Å²) in [6, 6.07) is 7.32. The van der Waals surface area contributed by atoms with Gasteiger partial charge in [-0.05, 0) is 19.1 Å². The van der Waals surface area contributed by atoms with Gasteiger partial charge in [0.25, 0.3) is 5.89 Å². The third kappa shape index (κ3) is 2.33. The van der Waals surface area contributed by atoms with E-state index in [1.54, 1.807) is 0 Å². The van der Waals surface area contributed by atoms with Gasteiger partial charge in [0, 0.05) is 6.92 Å². The van der Waals surface area contributed by atoms with Crippen molar-refractivity contribution in [2.45, 2.75) is 13.8 Å². The Morgan fingerprint density at radius 2 is 2.18 bits per heavy atom. The molecule has 5 heteroatoms. The molecule has 0 saturated heterocycles. The van der Waals surface area contributed by atoms with E-state index in [2.05, 4.69) is 10.1 Å². The molecule has 5 nitrogen and oxygen atoms in total. The van der Waals surface area contributed by atoms with Gasteiger partial charge < -0.3 is 9.26 Å². The second kappa shape index (κ2) is 4.78. The Balaban J connectivity index is 2.41. The van der Waals surface area contributed by atoms with E-state index in [1.807, 2.05) is 31.2 Å². The lowest BCUT2D eigenvalue weighted by atomic mass is 10.2. The summed E-state index contributed by atoms with van der Waals surface area (Å²) in [5.74, 6) is 0.799. The molecule has 1 heterocycles. The maximum atomic E-state index is 11.1. The summed E-state index contributed by atoms with van der Waals surface area (Å²) >= 11 is 0. The summed E-state index contributed by atoms with van der Waals surface area (Å²) in [6.45, 7) is 3.83. The van der Waals surface area contributed by atoms with E-state index in [9.17, 15) is 4.79 Å². The SMILES string of the molecule is CCOc1ccccc1-c1nc(C(C)=O)no1. The Morgan fingerprint density at radius 3 is 2.82 bits per heavy atom. The standard InChI is InChI=1S/C12H12N2O3/c1-3-16-10-7-5-4-6-9(10)12-13-11(8(2)15)14-17-12/h4-7H,3H2,1-2H3. The third-order valence-corrected chi connectivity index (χ3v) is 2.16. The average Bonchev–Trinajstić information content (AvgIpc) is 2.79. The van der Waals surface area contributed by atoms with Crippen molar-refractivity contribution in [1.82, 2.24) is 10.1 Å². The normalized spacial score (nSPS) is 10.2. The summed E-state index contributed by atoms with van der Waals surface area (Å²) in [5, 5.41) is 3.60. The van der Waals surface area contributed by atoms with Gasteiger partial charge in [0.1, 0.15) is 5.75 Å². The molecule has 0 atom stereocenters. The highest BCUT2D eigenvalue weighted by atomic mass is 16.5. The van der Waals surface area contributed by atoms with Crippen LogP contribution in [0.15, 0.2) is 28.8 Å². The van der Waals surface area contributed by atoms with E-state index in [0.717, 1.165) is 0 Å². The smallest absolute Gasteiger partial charge is 0.262 e. The van der Waals surface area contributed by atoms with Crippen molar-refractivity contribution in [2.75, 3.05) is 6.61 Å². The monoisotopic (exact) mass is 232 g/mol. The molecule has 0 aliphatic rings. The van der Waals surface area contributed by atoms with Gasteiger partial charge in [0.05, 0.1) is 12.2 Å². The number of hydrogen-bond acceptors (Lipinski definition) is 5. The number of hydrogen-bond donors (Lipinski definition) is 0. The van der Waals surface area contributed by atoms with Crippen LogP contribution in [0.3, 0.4) is 0 Å². The molecular weight excluding hydrogens is 220 g/mol. The molecule has 88 valence electrons. The second-order valence-corrected chi connectivity index (χ2v) is 3.41. The van der Waals surface area contributed by atoms with Gasteiger partial charge >= 0.3 is 0 Å². The van der Waals surface area contributed by atoms with Crippen molar-refractivity contribution >= 4 is 5.78 Å². The number of carbonyl (C=O) groups is 1. The molecule has 0 radical (unpaired) electrons. The van der Waals surface area contributed by atoms with Crippen molar-refractivity contribution in [3.05, 3.63) is 30.1 Å². The number of nitrogens with zero attached hydrogens (tertiary/aromatic N) is 2. The van der Waals surface area contributed by atoms with Crippen molar-refractivity contribution in [1.29, 1.82) is 0 Å². The zero-order chi connectivity index (χ0) is 12.3. The number of carbonyl (C=O) groups excluding carboxylic acids is 1. The van der Waals surface area contributed by atoms with Crippen LogP contribution in [0.1, 0.15) is 24.5 Å². The van der Waals surface area contributed by atoms with Crippen LogP contribution in [0.5, 0.6) is 5.75 Å². The molecule has 0 bridgehead atoms. The fraction of sp³-hybridized carbons (Fsp3) is 0.250. The molecule has 0 fully saturated rings. The first kappa shape index (κ1) is 11.3. The van der Waals surface area contributed by atoms with Crippen LogP contribution in [0.4, 0.5) is 0 Å². The van der Waals surface area contributed by atoms with E-state index in [4.69, 9.17) is 9.26 Å². The van der Waals surface area contributed by atoms with Gasteiger partial charge in [-0.2, -0.15) is 4.98 Å². The number of aromatic nitrogens is 2. The first-order valence-corrected chi connectivity index (χ1v) is 5.29. The number of ether oxygens (including phenoxy) is 1. The van der Waals surface area contributed by atoms with Crippen molar-refractivity contribution in [3.63, 3.8) is 0 Å². The summed E-state index contributed by atoms with van der Waals surface area (Å²) in [7, 11) is 0. The lowest BCUT2D eigenvalue weighted by Gasteiger charge is -2.05. The Hall–Kier alpha value is -2.17. The Labute approximate surface area is 98.4 Å². The van der Waals surface area contributed by atoms with Gasteiger partial charge in [-0.25, -0.2) is 0 Å². The van der Waals surface area contributed by atoms with Crippen LogP contribution in [0, 0.1) is 0 Å². The zero-order valence-corrected chi connectivity index (χ0v) is 9.64. The van der Waals surface area contributed by atoms with Gasteiger partial charge in [0.15, 0.2) is 0 Å². The predicted molar refractivity (Wildman–Crippen MR) is 60.9 cm³/mol. The molecule has 0 saturated carbocycles. The minimum atomic E-state index is -0.228. The highest BCUT2D eigenvalue weighted by Crippen LogP contribution is 2.28. The lowest BCUT2D eigenvalue weighted by Crippen LogP contribution is -1.95. The van der Waals surface area contributed by atoms with Crippen molar-refractivity contribution in [2.24, 2.45) is 0 Å². The molecule has 17 heavy (non-hydrogen) atoms. The molecule has 0 aliphatic heterocycles. The molecule has 2 aromatic rings. The van der Waals surface area contributed by atoms with Crippen LogP contribution in [-0.4, -0.2) is 22.5 Å². The first-order valence-electron chi connectivity index (χ1n) is 5.29. The predicted octanol–water partition coefficient (Wildman–Crippen LogP) is 2.34. The molecular formula is C12H12N2O3. The van der Waals surface area contributed by atoms with E-state index >= 15 is 0 Å². The zero-order valence-electron chi connectivity index (χ0n) is 9.64. The summed E-state index contributed by atoms with van der Waals surface area (Å²) in [5.41, 5.74) is 0.689. The van der Waals surface area contributed by atoms with Gasteiger partial charge in [0.2, 0.25) is 11.6 Å². The summed E-state index contributed by atoms with van der Waals surface area (Å²) in [4.78, 5) is 15.1. The Morgan fingerprint density at radius 1 is 1.41 bits per heavy atom. The molecule has 0 unspecified atom stereocenters. The van der Waals surface area contributed by atoms with Crippen LogP contribution >= 0.6 is 0 Å². The number of para-hydroxylation sites is 1.